The standard InChI is InChI=1S/C25H24N4O2/c30-22(9-6-21-4-3-12-26-19-21)18-20-7-10-23(11-8-20)31-17-16-29-15-14-28-25(29)24-5-1-2-13-27-24/h1-5,7-8,10-15,19H,6,9,16-18H2. The third-order valence-electron chi connectivity index (χ3n) is 4.95. The van der Waals surface area contributed by atoms with Gasteiger partial charge >= 0.3 is 0 Å². The molecule has 0 aliphatic rings. The summed E-state index contributed by atoms with van der Waals surface area (Å²) in [5.74, 6) is 1.83. The van der Waals surface area contributed by atoms with Gasteiger partial charge in [-0.3, -0.25) is 14.8 Å². The van der Waals surface area contributed by atoms with Gasteiger partial charge in [-0.1, -0.05) is 24.3 Å². The van der Waals surface area contributed by atoms with E-state index in [0.29, 0.717) is 26.0 Å². The Labute approximate surface area is 181 Å². The number of hydrogen-bond donors (Lipinski definition) is 0. The summed E-state index contributed by atoms with van der Waals surface area (Å²) in [4.78, 5) is 25.1. The first-order valence-electron chi connectivity index (χ1n) is 10.3. The Balaban J connectivity index is 1.24. The lowest BCUT2D eigenvalue weighted by molar-refractivity contribution is -0.118. The number of imidazole rings is 1. The monoisotopic (exact) mass is 412 g/mol. The molecule has 6 nitrogen and oxygen atoms in total. The van der Waals surface area contributed by atoms with Crippen molar-refractivity contribution in [1.82, 2.24) is 19.5 Å². The quantitative estimate of drug-likeness (QED) is 0.391. The van der Waals surface area contributed by atoms with Crippen molar-refractivity contribution >= 4 is 5.78 Å². The number of hydrogen-bond acceptors (Lipinski definition) is 5. The average molecular weight is 412 g/mol. The van der Waals surface area contributed by atoms with Gasteiger partial charge in [0.1, 0.15) is 23.8 Å². The molecule has 0 spiro atoms. The minimum absolute atomic E-state index is 0.222. The second-order valence-electron chi connectivity index (χ2n) is 7.23. The van der Waals surface area contributed by atoms with E-state index in [9.17, 15) is 4.79 Å². The molecule has 0 amide bonds. The SMILES string of the molecule is O=C(CCc1cccnc1)Cc1ccc(OCCn2ccnc2-c2ccccn2)cc1. The number of benzene rings is 1. The molecule has 0 aliphatic carbocycles. The second-order valence-corrected chi connectivity index (χ2v) is 7.23. The van der Waals surface area contributed by atoms with Crippen LogP contribution in [0.1, 0.15) is 17.5 Å². The van der Waals surface area contributed by atoms with E-state index in [1.807, 2.05) is 71.6 Å². The van der Waals surface area contributed by atoms with Gasteiger partial charge in [-0.25, -0.2) is 4.98 Å². The Kier molecular flexibility index (Phi) is 6.80. The molecule has 4 aromatic rings. The molecule has 0 fully saturated rings. The molecule has 3 aromatic heterocycles. The maximum Gasteiger partial charge on any atom is 0.158 e. The molecule has 0 atom stereocenters. The minimum atomic E-state index is 0.222. The molecule has 6 heteroatoms. The molecular formula is C25H24N4O2. The summed E-state index contributed by atoms with van der Waals surface area (Å²) in [5, 5.41) is 0. The van der Waals surface area contributed by atoms with E-state index in [4.69, 9.17) is 4.74 Å². The number of Topliss-reactive ketones (excluding diaryl/α,β-unsaturated/α-hetero) is 1. The van der Waals surface area contributed by atoms with Gasteiger partial charge in [-0.05, 0) is 47.9 Å². The van der Waals surface area contributed by atoms with Crippen molar-refractivity contribution in [3.8, 4) is 17.3 Å². The Bertz CT molecular complexity index is 1090. The number of ether oxygens (including phenoxy) is 1. The van der Waals surface area contributed by atoms with E-state index in [2.05, 4.69) is 15.0 Å². The summed E-state index contributed by atoms with van der Waals surface area (Å²) in [5.41, 5.74) is 2.92. The third kappa shape index (κ3) is 5.85. The molecule has 156 valence electrons. The van der Waals surface area contributed by atoms with E-state index >= 15 is 0 Å². The fourth-order valence-electron chi connectivity index (χ4n) is 3.33. The van der Waals surface area contributed by atoms with Crippen LogP contribution in [0.15, 0.2) is 85.6 Å². The molecule has 0 saturated carbocycles. The average Bonchev–Trinajstić information content (AvgIpc) is 3.29. The van der Waals surface area contributed by atoms with E-state index in [1.165, 1.54) is 0 Å². The van der Waals surface area contributed by atoms with E-state index < -0.39 is 0 Å². The molecule has 3 heterocycles. The fraction of sp³-hybridized carbons (Fsp3) is 0.200. The maximum atomic E-state index is 12.3. The van der Waals surface area contributed by atoms with Crippen LogP contribution in [0.2, 0.25) is 0 Å². The molecule has 0 bridgehead atoms. The maximum absolute atomic E-state index is 12.3. The van der Waals surface area contributed by atoms with Gasteiger partial charge in [0.05, 0.1) is 6.54 Å². The van der Waals surface area contributed by atoms with Gasteiger partial charge in [0, 0.05) is 43.8 Å². The zero-order chi connectivity index (χ0) is 21.3. The van der Waals surface area contributed by atoms with Crippen molar-refractivity contribution in [2.45, 2.75) is 25.8 Å². The summed E-state index contributed by atoms with van der Waals surface area (Å²) in [6.07, 6.45) is 10.7. The first-order chi connectivity index (χ1) is 15.3. The lowest BCUT2D eigenvalue weighted by Crippen LogP contribution is -2.09. The largest absolute Gasteiger partial charge is 0.492 e. The predicted octanol–water partition coefficient (Wildman–Crippen LogP) is 4.16. The minimum Gasteiger partial charge on any atom is -0.492 e. The zero-order valence-electron chi connectivity index (χ0n) is 17.2. The van der Waals surface area contributed by atoms with Crippen LogP contribution in [0.5, 0.6) is 5.75 Å². The Morgan fingerprint density at radius 2 is 1.81 bits per heavy atom. The van der Waals surface area contributed by atoms with E-state index in [-0.39, 0.29) is 5.78 Å². The van der Waals surface area contributed by atoms with Gasteiger partial charge < -0.3 is 9.30 Å². The van der Waals surface area contributed by atoms with Crippen molar-refractivity contribution < 1.29 is 9.53 Å². The van der Waals surface area contributed by atoms with Gasteiger partial charge in [-0.15, -0.1) is 0 Å². The molecule has 0 unspecified atom stereocenters. The highest BCUT2D eigenvalue weighted by molar-refractivity contribution is 5.81. The Morgan fingerprint density at radius 3 is 2.58 bits per heavy atom. The number of aromatic nitrogens is 4. The summed E-state index contributed by atoms with van der Waals surface area (Å²) >= 11 is 0. The molecular weight excluding hydrogens is 388 g/mol. The number of pyridine rings is 2. The van der Waals surface area contributed by atoms with Gasteiger partial charge in [0.15, 0.2) is 5.82 Å². The van der Waals surface area contributed by atoms with Crippen LogP contribution >= 0.6 is 0 Å². The molecule has 0 saturated heterocycles. The van der Waals surface area contributed by atoms with Crippen LogP contribution < -0.4 is 4.74 Å². The molecule has 0 aliphatic heterocycles. The molecule has 0 radical (unpaired) electrons. The normalized spacial score (nSPS) is 10.7. The first-order valence-corrected chi connectivity index (χ1v) is 10.3. The van der Waals surface area contributed by atoms with Gasteiger partial charge in [0.25, 0.3) is 0 Å². The van der Waals surface area contributed by atoms with Crippen molar-refractivity contribution in [2.75, 3.05) is 6.61 Å². The molecule has 1 aromatic carbocycles. The smallest absolute Gasteiger partial charge is 0.158 e. The van der Waals surface area contributed by atoms with Crippen LogP contribution in [0.3, 0.4) is 0 Å². The van der Waals surface area contributed by atoms with Crippen molar-refractivity contribution in [3.63, 3.8) is 0 Å². The summed E-state index contributed by atoms with van der Waals surface area (Å²) in [6.45, 7) is 1.18. The third-order valence-corrected chi connectivity index (χ3v) is 4.95. The van der Waals surface area contributed by atoms with E-state index in [1.54, 1.807) is 18.6 Å². The number of nitrogens with zero attached hydrogens (tertiary/aromatic N) is 4. The predicted molar refractivity (Wildman–Crippen MR) is 119 cm³/mol. The van der Waals surface area contributed by atoms with Crippen LogP contribution in [0, 0.1) is 0 Å². The molecule has 4 rings (SSSR count). The lowest BCUT2D eigenvalue weighted by Gasteiger charge is -2.10. The number of rotatable bonds is 10. The van der Waals surface area contributed by atoms with Crippen LogP contribution in [0.25, 0.3) is 11.5 Å². The zero-order valence-corrected chi connectivity index (χ0v) is 17.2. The number of aryl methyl sites for hydroxylation is 1. The van der Waals surface area contributed by atoms with E-state index in [0.717, 1.165) is 34.8 Å². The van der Waals surface area contributed by atoms with Gasteiger partial charge in [-0.2, -0.15) is 0 Å². The van der Waals surface area contributed by atoms with Crippen molar-refractivity contribution in [2.24, 2.45) is 0 Å². The van der Waals surface area contributed by atoms with Crippen LogP contribution in [-0.2, 0) is 24.2 Å². The van der Waals surface area contributed by atoms with Crippen molar-refractivity contribution in [3.05, 3.63) is 96.7 Å². The lowest BCUT2D eigenvalue weighted by atomic mass is 10.0. The molecule has 0 N–H and O–H groups in total. The number of carbonyl (C=O) groups is 1. The van der Waals surface area contributed by atoms with Crippen molar-refractivity contribution in [1.29, 1.82) is 0 Å². The van der Waals surface area contributed by atoms with Crippen LogP contribution in [0.4, 0.5) is 0 Å². The van der Waals surface area contributed by atoms with Crippen LogP contribution in [-0.4, -0.2) is 31.9 Å². The summed E-state index contributed by atoms with van der Waals surface area (Å²) in [6, 6.07) is 17.4. The highest BCUT2D eigenvalue weighted by Crippen LogP contribution is 2.16. The Morgan fingerprint density at radius 1 is 0.903 bits per heavy atom. The number of ketones is 1. The van der Waals surface area contributed by atoms with Gasteiger partial charge in [0.2, 0.25) is 0 Å². The summed E-state index contributed by atoms with van der Waals surface area (Å²) < 4.78 is 7.90. The topological polar surface area (TPSA) is 69.9 Å². The molecule has 31 heavy (non-hydrogen) atoms. The first kappa shape index (κ1) is 20.5. The second kappa shape index (κ2) is 10.3. The highest BCUT2D eigenvalue weighted by Gasteiger charge is 2.08. The summed E-state index contributed by atoms with van der Waals surface area (Å²) in [7, 11) is 0. The number of carbonyl (C=O) groups excluding carboxylic acids is 1. The fourth-order valence-corrected chi connectivity index (χ4v) is 3.33. The highest BCUT2D eigenvalue weighted by atomic mass is 16.5. The Hall–Kier alpha value is -3.80.